The molecule has 0 spiro atoms. The summed E-state index contributed by atoms with van der Waals surface area (Å²) in [5.74, 6) is 0.00528. The van der Waals surface area contributed by atoms with Crippen molar-refractivity contribution in [2.75, 3.05) is 6.54 Å². The first-order valence-electron chi connectivity index (χ1n) is 8.92. The topological polar surface area (TPSA) is 25.2 Å². The van der Waals surface area contributed by atoms with Crippen molar-refractivity contribution in [3.63, 3.8) is 0 Å². The summed E-state index contributed by atoms with van der Waals surface area (Å²) in [4.78, 5) is 14.8. The van der Waals surface area contributed by atoms with Crippen LogP contribution < -0.4 is 0 Å². The Bertz CT molecular complexity index is 928. The minimum absolute atomic E-state index is 0.00528. The van der Waals surface area contributed by atoms with Gasteiger partial charge >= 0.3 is 0 Å². The Kier molecular flexibility index (Phi) is 6.30. The van der Waals surface area contributed by atoms with Crippen LogP contribution in [0.1, 0.15) is 27.2 Å². The molecule has 138 valence electrons. The molecule has 1 amide bonds. The number of nitrogens with zero attached hydrogens (tertiary/aromatic N) is 2. The molecule has 27 heavy (non-hydrogen) atoms. The average Bonchev–Trinajstić information content (AvgIpc) is 3.08. The third kappa shape index (κ3) is 4.98. The minimum Gasteiger partial charge on any atom is -0.345 e. The van der Waals surface area contributed by atoms with E-state index in [-0.39, 0.29) is 5.91 Å². The van der Waals surface area contributed by atoms with Gasteiger partial charge in [0.1, 0.15) is 0 Å². The third-order valence-corrected chi connectivity index (χ3v) is 4.97. The van der Waals surface area contributed by atoms with Gasteiger partial charge in [-0.25, -0.2) is 0 Å². The fourth-order valence-electron chi connectivity index (χ4n) is 3.10. The standard InChI is InChI=1S/C23H23BrN2O/c1-3-13-26(23(27)20-9-11-21(24)12-10-20)17-22-8-5-14-25(22)16-19-7-4-6-18(2)15-19/h3-12,14-15H,1,13,16-17H2,2H3. The van der Waals surface area contributed by atoms with Gasteiger partial charge in [-0.2, -0.15) is 0 Å². The van der Waals surface area contributed by atoms with Gasteiger partial charge in [0, 0.05) is 35.0 Å². The van der Waals surface area contributed by atoms with Crippen LogP contribution in [0.15, 0.2) is 84.0 Å². The molecule has 0 atom stereocenters. The van der Waals surface area contributed by atoms with Crippen LogP contribution in [0.3, 0.4) is 0 Å². The maximum absolute atomic E-state index is 12.9. The molecule has 0 aliphatic heterocycles. The normalized spacial score (nSPS) is 10.6. The van der Waals surface area contributed by atoms with Crippen molar-refractivity contribution >= 4 is 21.8 Å². The largest absolute Gasteiger partial charge is 0.345 e. The first-order valence-corrected chi connectivity index (χ1v) is 9.71. The number of halogens is 1. The van der Waals surface area contributed by atoms with E-state index in [2.05, 4.69) is 70.5 Å². The monoisotopic (exact) mass is 422 g/mol. The van der Waals surface area contributed by atoms with E-state index in [9.17, 15) is 4.79 Å². The quantitative estimate of drug-likeness (QED) is 0.465. The minimum atomic E-state index is 0.00528. The number of carbonyl (C=O) groups is 1. The van der Waals surface area contributed by atoms with E-state index < -0.39 is 0 Å². The van der Waals surface area contributed by atoms with E-state index in [1.807, 2.05) is 35.2 Å². The van der Waals surface area contributed by atoms with E-state index in [0.29, 0.717) is 18.7 Å². The molecule has 1 heterocycles. The van der Waals surface area contributed by atoms with E-state index in [4.69, 9.17) is 0 Å². The molecule has 3 aromatic rings. The van der Waals surface area contributed by atoms with Crippen LogP contribution in [-0.4, -0.2) is 21.9 Å². The molecule has 4 heteroatoms. The van der Waals surface area contributed by atoms with Crippen molar-refractivity contribution in [1.82, 2.24) is 9.47 Å². The van der Waals surface area contributed by atoms with Crippen molar-refractivity contribution in [3.05, 3.63) is 106 Å². The lowest BCUT2D eigenvalue weighted by Gasteiger charge is -2.22. The van der Waals surface area contributed by atoms with Crippen LogP contribution in [0.2, 0.25) is 0 Å². The van der Waals surface area contributed by atoms with Crippen LogP contribution in [0.25, 0.3) is 0 Å². The summed E-state index contributed by atoms with van der Waals surface area (Å²) in [6, 6.07) is 20.1. The molecule has 0 unspecified atom stereocenters. The molecular weight excluding hydrogens is 400 g/mol. The molecule has 0 aliphatic carbocycles. The molecule has 3 rings (SSSR count). The second-order valence-electron chi connectivity index (χ2n) is 6.60. The number of hydrogen-bond acceptors (Lipinski definition) is 1. The fraction of sp³-hybridized carbons (Fsp3) is 0.174. The number of aryl methyl sites for hydroxylation is 1. The molecule has 0 radical (unpaired) electrons. The Labute approximate surface area is 169 Å². The highest BCUT2D eigenvalue weighted by atomic mass is 79.9. The summed E-state index contributed by atoms with van der Waals surface area (Å²) in [5.41, 5.74) is 4.28. The summed E-state index contributed by atoms with van der Waals surface area (Å²) in [6.07, 6.45) is 3.83. The smallest absolute Gasteiger partial charge is 0.254 e. The number of aromatic nitrogens is 1. The number of carbonyl (C=O) groups excluding carboxylic acids is 1. The molecule has 1 aromatic heterocycles. The van der Waals surface area contributed by atoms with E-state index in [1.54, 1.807) is 6.08 Å². The summed E-state index contributed by atoms with van der Waals surface area (Å²) >= 11 is 3.41. The summed E-state index contributed by atoms with van der Waals surface area (Å²) in [6.45, 7) is 7.75. The Morgan fingerprint density at radius 3 is 2.63 bits per heavy atom. The highest BCUT2D eigenvalue weighted by Gasteiger charge is 2.16. The van der Waals surface area contributed by atoms with Crippen molar-refractivity contribution in [2.45, 2.75) is 20.0 Å². The predicted molar refractivity (Wildman–Crippen MR) is 114 cm³/mol. The van der Waals surface area contributed by atoms with Gasteiger partial charge in [-0.05, 0) is 48.9 Å². The van der Waals surface area contributed by atoms with Gasteiger partial charge in [0.15, 0.2) is 0 Å². The number of benzene rings is 2. The van der Waals surface area contributed by atoms with Crippen molar-refractivity contribution in [2.24, 2.45) is 0 Å². The van der Waals surface area contributed by atoms with Crippen LogP contribution in [-0.2, 0) is 13.1 Å². The van der Waals surface area contributed by atoms with Gasteiger partial charge < -0.3 is 9.47 Å². The van der Waals surface area contributed by atoms with Crippen molar-refractivity contribution in [3.8, 4) is 0 Å². The predicted octanol–water partition coefficient (Wildman–Crippen LogP) is 5.44. The van der Waals surface area contributed by atoms with E-state index in [0.717, 1.165) is 16.7 Å². The third-order valence-electron chi connectivity index (χ3n) is 4.44. The molecule has 0 fully saturated rings. The van der Waals surface area contributed by atoms with Crippen LogP contribution >= 0.6 is 15.9 Å². The Balaban J connectivity index is 1.79. The Morgan fingerprint density at radius 2 is 1.93 bits per heavy atom. The second-order valence-corrected chi connectivity index (χ2v) is 7.51. The van der Waals surface area contributed by atoms with Crippen LogP contribution in [0.4, 0.5) is 0 Å². The first kappa shape index (κ1) is 19.2. The fourth-order valence-corrected chi connectivity index (χ4v) is 3.36. The molecule has 0 saturated carbocycles. The van der Waals surface area contributed by atoms with Gasteiger partial charge in [0.2, 0.25) is 0 Å². The van der Waals surface area contributed by atoms with Crippen molar-refractivity contribution < 1.29 is 4.79 Å². The van der Waals surface area contributed by atoms with Crippen LogP contribution in [0, 0.1) is 6.92 Å². The lowest BCUT2D eigenvalue weighted by molar-refractivity contribution is 0.0759. The molecule has 0 bridgehead atoms. The molecule has 0 N–H and O–H groups in total. The number of hydrogen-bond donors (Lipinski definition) is 0. The van der Waals surface area contributed by atoms with E-state index in [1.165, 1.54) is 11.1 Å². The number of rotatable bonds is 7. The first-order chi connectivity index (χ1) is 13.1. The average molecular weight is 423 g/mol. The lowest BCUT2D eigenvalue weighted by atomic mass is 10.1. The molecule has 0 saturated heterocycles. The zero-order chi connectivity index (χ0) is 19.2. The molecule has 3 nitrogen and oxygen atoms in total. The SMILES string of the molecule is C=CCN(Cc1cccn1Cc1cccc(C)c1)C(=O)c1ccc(Br)cc1. The van der Waals surface area contributed by atoms with Gasteiger partial charge in [-0.1, -0.05) is 51.8 Å². The molecule has 2 aromatic carbocycles. The van der Waals surface area contributed by atoms with Gasteiger partial charge in [-0.15, -0.1) is 6.58 Å². The zero-order valence-corrected chi connectivity index (χ0v) is 17.0. The maximum Gasteiger partial charge on any atom is 0.254 e. The highest BCUT2D eigenvalue weighted by molar-refractivity contribution is 9.10. The van der Waals surface area contributed by atoms with Gasteiger partial charge in [-0.3, -0.25) is 4.79 Å². The zero-order valence-electron chi connectivity index (χ0n) is 15.4. The number of amides is 1. The Morgan fingerprint density at radius 1 is 1.15 bits per heavy atom. The van der Waals surface area contributed by atoms with Crippen molar-refractivity contribution in [1.29, 1.82) is 0 Å². The maximum atomic E-state index is 12.9. The molecular formula is C23H23BrN2O. The summed E-state index contributed by atoms with van der Waals surface area (Å²) in [7, 11) is 0. The van der Waals surface area contributed by atoms with Gasteiger partial charge in [0.25, 0.3) is 5.91 Å². The van der Waals surface area contributed by atoms with E-state index >= 15 is 0 Å². The van der Waals surface area contributed by atoms with Crippen LogP contribution in [0.5, 0.6) is 0 Å². The highest BCUT2D eigenvalue weighted by Crippen LogP contribution is 2.16. The lowest BCUT2D eigenvalue weighted by Crippen LogP contribution is -2.31. The molecule has 0 aliphatic rings. The summed E-state index contributed by atoms with van der Waals surface area (Å²) in [5, 5.41) is 0. The second kappa shape index (κ2) is 8.87. The summed E-state index contributed by atoms with van der Waals surface area (Å²) < 4.78 is 3.15. The van der Waals surface area contributed by atoms with Gasteiger partial charge in [0.05, 0.1) is 6.54 Å². The Hall–Kier alpha value is -2.59.